The highest BCUT2D eigenvalue weighted by Crippen LogP contribution is 2.04. The van der Waals surface area contributed by atoms with Crippen LogP contribution in [-0.2, 0) is 0 Å². The predicted octanol–water partition coefficient (Wildman–Crippen LogP) is 2.70. The van der Waals surface area contributed by atoms with E-state index in [1.165, 1.54) is 0 Å². The van der Waals surface area contributed by atoms with E-state index in [1.807, 2.05) is 26.0 Å². The summed E-state index contributed by atoms with van der Waals surface area (Å²) in [5.74, 6) is 0. The average molecular weight is 202 g/mol. The Balaban J connectivity index is 4.19. The predicted molar refractivity (Wildman–Crippen MR) is 49.8 cm³/mol. The first-order valence-corrected chi connectivity index (χ1v) is 3.78. The first-order valence-electron chi connectivity index (χ1n) is 2.99. The van der Waals surface area contributed by atoms with E-state index < -0.39 is 0 Å². The van der Waals surface area contributed by atoms with Crippen LogP contribution in [0.15, 0.2) is 34.5 Å². The van der Waals surface area contributed by atoms with Crippen molar-refractivity contribution in [3.05, 3.63) is 34.5 Å². The number of halogens is 1. The van der Waals surface area contributed by atoms with Crippen molar-refractivity contribution < 1.29 is 0 Å². The van der Waals surface area contributed by atoms with Crippen LogP contribution in [0.2, 0.25) is 0 Å². The third-order valence-electron chi connectivity index (χ3n) is 0.985. The lowest BCUT2D eigenvalue weighted by atomic mass is 10.2. The highest BCUT2D eigenvalue weighted by molar-refractivity contribution is 9.11. The lowest BCUT2D eigenvalue weighted by Crippen LogP contribution is -1.95. The number of rotatable bonds is 2. The summed E-state index contributed by atoms with van der Waals surface area (Å²) < 4.78 is 1.05. The summed E-state index contributed by atoms with van der Waals surface area (Å²) in [6.07, 6.45) is 3.72. The molecule has 0 aliphatic heterocycles. The van der Waals surface area contributed by atoms with Gasteiger partial charge in [-0.1, -0.05) is 28.6 Å². The highest BCUT2D eigenvalue weighted by Gasteiger charge is 1.85. The van der Waals surface area contributed by atoms with Crippen molar-refractivity contribution in [2.75, 3.05) is 0 Å². The van der Waals surface area contributed by atoms with E-state index >= 15 is 0 Å². The first-order chi connectivity index (χ1) is 4.54. The van der Waals surface area contributed by atoms with Gasteiger partial charge in [0.2, 0.25) is 0 Å². The van der Waals surface area contributed by atoms with Crippen molar-refractivity contribution in [3.8, 4) is 0 Å². The van der Waals surface area contributed by atoms with E-state index in [0.717, 1.165) is 15.8 Å². The fourth-order valence-corrected chi connectivity index (χ4v) is 0.479. The molecular formula is C8H12BrN. The van der Waals surface area contributed by atoms with Gasteiger partial charge in [-0.15, -0.1) is 0 Å². The van der Waals surface area contributed by atoms with Gasteiger partial charge in [0.05, 0.1) is 0 Å². The second-order valence-electron chi connectivity index (χ2n) is 2.16. The molecule has 0 unspecified atom stereocenters. The molecule has 10 heavy (non-hydrogen) atoms. The van der Waals surface area contributed by atoms with E-state index in [-0.39, 0.29) is 0 Å². The molecule has 0 aliphatic rings. The van der Waals surface area contributed by atoms with Crippen LogP contribution in [0, 0.1) is 0 Å². The summed E-state index contributed by atoms with van der Waals surface area (Å²) >= 11 is 3.28. The average Bonchev–Trinajstić information content (AvgIpc) is 1.82. The van der Waals surface area contributed by atoms with Crippen LogP contribution in [0.3, 0.4) is 0 Å². The van der Waals surface area contributed by atoms with Gasteiger partial charge in [0, 0.05) is 5.70 Å². The topological polar surface area (TPSA) is 26.0 Å². The summed E-state index contributed by atoms with van der Waals surface area (Å²) in [5, 5.41) is 0. The molecule has 0 radical (unpaired) electrons. The van der Waals surface area contributed by atoms with Gasteiger partial charge in [0.25, 0.3) is 0 Å². The molecule has 0 aromatic rings. The Morgan fingerprint density at radius 1 is 1.40 bits per heavy atom. The lowest BCUT2D eigenvalue weighted by Gasteiger charge is -1.94. The molecule has 0 rings (SSSR count). The molecule has 2 heteroatoms. The minimum atomic E-state index is 0.721. The van der Waals surface area contributed by atoms with Gasteiger partial charge < -0.3 is 5.73 Å². The molecule has 0 aromatic carbocycles. The molecule has 56 valence electrons. The molecule has 0 saturated carbocycles. The molecule has 0 bridgehead atoms. The second kappa shape index (κ2) is 4.34. The largest absolute Gasteiger partial charge is 0.399 e. The van der Waals surface area contributed by atoms with Gasteiger partial charge >= 0.3 is 0 Å². The normalized spacial score (nSPS) is 13.5. The Morgan fingerprint density at radius 2 is 1.90 bits per heavy atom. The van der Waals surface area contributed by atoms with Crippen LogP contribution in [0.5, 0.6) is 0 Å². The van der Waals surface area contributed by atoms with Crippen molar-refractivity contribution in [2.45, 2.75) is 13.8 Å². The molecule has 0 saturated heterocycles. The van der Waals surface area contributed by atoms with Gasteiger partial charge in [-0.3, -0.25) is 0 Å². The smallest absolute Gasteiger partial charge is 0.0338 e. The third-order valence-corrected chi connectivity index (χ3v) is 1.25. The van der Waals surface area contributed by atoms with E-state index in [0.29, 0.717) is 0 Å². The number of nitrogens with two attached hydrogens (primary N) is 1. The molecule has 0 fully saturated rings. The van der Waals surface area contributed by atoms with E-state index in [4.69, 9.17) is 5.73 Å². The van der Waals surface area contributed by atoms with Crippen molar-refractivity contribution in [1.82, 2.24) is 0 Å². The van der Waals surface area contributed by atoms with Crippen LogP contribution in [0.25, 0.3) is 0 Å². The molecule has 1 nitrogen and oxygen atoms in total. The monoisotopic (exact) mass is 201 g/mol. The van der Waals surface area contributed by atoms with Crippen LogP contribution in [0.4, 0.5) is 0 Å². The lowest BCUT2D eigenvalue weighted by molar-refractivity contribution is 1.30. The maximum atomic E-state index is 5.56. The Bertz CT molecular complexity index is 185. The quantitative estimate of drug-likeness (QED) is 0.684. The standard InChI is InChI=1S/C8H12BrN/c1-6(2)8(10)5-4-7(3)9/h4-5H,1,10H2,2-3H3/b7-4+,8-5+. The van der Waals surface area contributed by atoms with Crippen molar-refractivity contribution >= 4 is 15.9 Å². The maximum absolute atomic E-state index is 5.56. The maximum Gasteiger partial charge on any atom is 0.0338 e. The van der Waals surface area contributed by atoms with Gasteiger partial charge in [0.1, 0.15) is 0 Å². The first kappa shape index (κ1) is 9.50. The van der Waals surface area contributed by atoms with Crippen LogP contribution in [0.1, 0.15) is 13.8 Å². The summed E-state index contributed by atoms with van der Waals surface area (Å²) in [7, 11) is 0. The fourth-order valence-electron chi connectivity index (χ4n) is 0.347. The molecule has 0 amide bonds. The minimum absolute atomic E-state index is 0.721. The van der Waals surface area contributed by atoms with E-state index in [9.17, 15) is 0 Å². The van der Waals surface area contributed by atoms with Crippen molar-refractivity contribution in [3.63, 3.8) is 0 Å². The summed E-state index contributed by atoms with van der Waals surface area (Å²) in [5.41, 5.74) is 7.18. The molecule has 0 aliphatic carbocycles. The van der Waals surface area contributed by atoms with Gasteiger partial charge in [-0.2, -0.15) is 0 Å². The second-order valence-corrected chi connectivity index (χ2v) is 3.41. The van der Waals surface area contributed by atoms with E-state index in [2.05, 4.69) is 22.5 Å². The number of hydrogen-bond donors (Lipinski definition) is 1. The zero-order valence-corrected chi connectivity index (χ0v) is 7.90. The Kier molecular flexibility index (Phi) is 4.12. The molecule has 0 atom stereocenters. The fraction of sp³-hybridized carbons (Fsp3) is 0.250. The van der Waals surface area contributed by atoms with Crippen LogP contribution >= 0.6 is 15.9 Å². The SMILES string of the molecule is C=C(C)/C(N)=C\C=C(/C)Br. The molecule has 0 aromatic heterocycles. The van der Waals surface area contributed by atoms with Crippen LogP contribution in [-0.4, -0.2) is 0 Å². The third kappa shape index (κ3) is 4.39. The molecule has 0 spiro atoms. The zero-order valence-electron chi connectivity index (χ0n) is 6.32. The van der Waals surface area contributed by atoms with Gasteiger partial charge in [0.15, 0.2) is 0 Å². The highest BCUT2D eigenvalue weighted by atomic mass is 79.9. The Morgan fingerprint density at radius 3 is 2.20 bits per heavy atom. The number of hydrogen-bond acceptors (Lipinski definition) is 1. The molecule has 0 heterocycles. The summed E-state index contributed by atoms with van der Waals surface area (Å²) in [6, 6.07) is 0. The van der Waals surface area contributed by atoms with Gasteiger partial charge in [-0.05, 0) is 30.0 Å². The summed E-state index contributed by atoms with van der Waals surface area (Å²) in [6.45, 7) is 7.52. The summed E-state index contributed by atoms with van der Waals surface area (Å²) in [4.78, 5) is 0. The molecular weight excluding hydrogens is 190 g/mol. The van der Waals surface area contributed by atoms with E-state index in [1.54, 1.807) is 0 Å². The Hall–Kier alpha value is -0.500. The van der Waals surface area contributed by atoms with Crippen LogP contribution < -0.4 is 5.73 Å². The van der Waals surface area contributed by atoms with Crippen molar-refractivity contribution in [1.29, 1.82) is 0 Å². The van der Waals surface area contributed by atoms with Crippen molar-refractivity contribution in [2.24, 2.45) is 5.73 Å². The molecule has 2 N–H and O–H groups in total. The number of allylic oxidation sites excluding steroid dienone is 4. The van der Waals surface area contributed by atoms with Gasteiger partial charge in [-0.25, -0.2) is 0 Å². The minimum Gasteiger partial charge on any atom is -0.399 e. The Labute approximate surface area is 70.4 Å². The zero-order chi connectivity index (χ0) is 8.15.